The Morgan fingerprint density at radius 3 is 3.14 bits per heavy atom. The van der Waals surface area contributed by atoms with Gasteiger partial charge in [0.15, 0.2) is 5.58 Å². The number of nitrogens with one attached hydrogen (secondary N) is 1. The zero-order valence-corrected chi connectivity index (χ0v) is 11.5. The van der Waals surface area contributed by atoms with Crippen LogP contribution >= 0.6 is 0 Å². The van der Waals surface area contributed by atoms with E-state index in [1.165, 1.54) is 25.0 Å². The standard InChI is InChI=1S/C14H16N4O3/c19-18(20)10-3-4-11-13(6-10)21-14(16-11)17-7-9-2-1-5-15-12(9)8-17/h3-4,6,9,12,15H,1-2,5,7-8H2. The second-order valence-electron chi connectivity index (χ2n) is 5.77. The molecule has 1 aromatic heterocycles. The lowest BCUT2D eigenvalue weighted by Gasteiger charge is -2.24. The predicted octanol–water partition coefficient (Wildman–Crippen LogP) is 1.92. The molecule has 110 valence electrons. The molecule has 0 aliphatic carbocycles. The van der Waals surface area contributed by atoms with Crippen LogP contribution in [0.1, 0.15) is 12.8 Å². The van der Waals surface area contributed by atoms with Crippen molar-refractivity contribution in [2.45, 2.75) is 18.9 Å². The van der Waals surface area contributed by atoms with Gasteiger partial charge in [-0.25, -0.2) is 0 Å². The van der Waals surface area contributed by atoms with Crippen molar-refractivity contribution in [3.8, 4) is 0 Å². The summed E-state index contributed by atoms with van der Waals surface area (Å²) in [6, 6.07) is 5.61. The van der Waals surface area contributed by atoms with Gasteiger partial charge in [-0.2, -0.15) is 4.98 Å². The van der Waals surface area contributed by atoms with Gasteiger partial charge in [-0.3, -0.25) is 10.1 Å². The summed E-state index contributed by atoms with van der Waals surface area (Å²) in [4.78, 5) is 17.0. The molecule has 0 radical (unpaired) electrons. The van der Waals surface area contributed by atoms with Gasteiger partial charge < -0.3 is 14.6 Å². The Hall–Kier alpha value is -2.15. The van der Waals surface area contributed by atoms with E-state index in [9.17, 15) is 10.1 Å². The molecule has 1 aromatic carbocycles. The van der Waals surface area contributed by atoms with Crippen molar-refractivity contribution in [1.82, 2.24) is 10.3 Å². The Morgan fingerprint density at radius 2 is 2.33 bits per heavy atom. The van der Waals surface area contributed by atoms with Crippen molar-refractivity contribution >= 4 is 22.8 Å². The summed E-state index contributed by atoms with van der Waals surface area (Å²) in [6.45, 7) is 2.90. The number of nitro benzene ring substituents is 1. The van der Waals surface area contributed by atoms with Crippen LogP contribution in [0.4, 0.5) is 11.7 Å². The number of aromatic nitrogens is 1. The number of fused-ring (bicyclic) bond motifs is 2. The van der Waals surface area contributed by atoms with Crippen LogP contribution in [0.2, 0.25) is 0 Å². The molecule has 21 heavy (non-hydrogen) atoms. The normalized spacial score (nSPS) is 25.2. The summed E-state index contributed by atoms with van der Waals surface area (Å²) >= 11 is 0. The zero-order valence-electron chi connectivity index (χ0n) is 11.5. The van der Waals surface area contributed by atoms with Crippen molar-refractivity contribution in [2.75, 3.05) is 24.5 Å². The molecule has 2 unspecified atom stereocenters. The van der Waals surface area contributed by atoms with Crippen LogP contribution in [0, 0.1) is 16.0 Å². The van der Waals surface area contributed by atoms with Gasteiger partial charge in [-0.1, -0.05) is 0 Å². The molecule has 2 fully saturated rings. The Morgan fingerprint density at radius 1 is 1.43 bits per heavy atom. The molecule has 0 amide bonds. The van der Waals surface area contributed by atoms with Crippen LogP contribution in [0.5, 0.6) is 0 Å². The van der Waals surface area contributed by atoms with Crippen LogP contribution < -0.4 is 10.2 Å². The average molecular weight is 288 g/mol. The number of nitrogens with zero attached hydrogens (tertiary/aromatic N) is 3. The number of piperidine rings is 1. The predicted molar refractivity (Wildman–Crippen MR) is 77.4 cm³/mol. The van der Waals surface area contributed by atoms with Crippen LogP contribution in [0.25, 0.3) is 11.1 Å². The number of nitro groups is 1. The van der Waals surface area contributed by atoms with Crippen molar-refractivity contribution in [1.29, 1.82) is 0 Å². The second-order valence-corrected chi connectivity index (χ2v) is 5.77. The molecule has 2 aliphatic heterocycles. The summed E-state index contributed by atoms with van der Waals surface area (Å²) in [6.07, 6.45) is 2.45. The molecule has 2 atom stereocenters. The van der Waals surface area contributed by atoms with E-state index < -0.39 is 4.92 Å². The zero-order chi connectivity index (χ0) is 14.4. The molecule has 2 aromatic rings. The molecule has 2 aliphatic rings. The quantitative estimate of drug-likeness (QED) is 0.671. The highest BCUT2D eigenvalue weighted by atomic mass is 16.6. The number of benzene rings is 1. The minimum Gasteiger partial charge on any atom is -0.423 e. The molecule has 0 spiro atoms. The minimum atomic E-state index is -0.421. The smallest absolute Gasteiger partial charge is 0.298 e. The highest BCUT2D eigenvalue weighted by Crippen LogP contribution is 2.31. The Kier molecular flexibility index (Phi) is 2.81. The number of anilines is 1. The van der Waals surface area contributed by atoms with Crippen molar-refractivity contribution in [2.24, 2.45) is 5.92 Å². The summed E-state index contributed by atoms with van der Waals surface area (Å²) in [5.74, 6) is 0.642. The number of non-ortho nitro benzene ring substituents is 1. The third-order valence-corrected chi connectivity index (χ3v) is 4.44. The second kappa shape index (κ2) is 4.70. The first-order valence-electron chi connectivity index (χ1n) is 7.24. The number of rotatable bonds is 2. The van der Waals surface area contributed by atoms with Gasteiger partial charge in [0.25, 0.3) is 11.7 Å². The van der Waals surface area contributed by atoms with Gasteiger partial charge in [0, 0.05) is 25.2 Å². The van der Waals surface area contributed by atoms with Crippen LogP contribution in [-0.4, -0.2) is 35.6 Å². The lowest BCUT2D eigenvalue weighted by Crippen LogP contribution is -2.40. The van der Waals surface area contributed by atoms with E-state index in [1.807, 2.05) is 0 Å². The highest BCUT2D eigenvalue weighted by Gasteiger charge is 2.36. The van der Waals surface area contributed by atoms with Crippen LogP contribution in [-0.2, 0) is 0 Å². The van der Waals surface area contributed by atoms with Gasteiger partial charge in [0.1, 0.15) is 5.52 Å². The Balaban J connectivity index is 1.63. The first-order valence-corrected chi connectivity index (χ1v) is 7.24. The SMILES string of the molecule is O=[N+]([O-])c1ccc2nc(N3CC4CCCNC4C3)oc2c1. The molecule has 1 N–H and O–H groups in total. The lowest BCUT2D eigenvalue weighted by molar-refractivity contribution is -0.384. The lowest BCUT2D eigenvalue weighted by atomic mass is 9.94. The fourth-order valence-electron chi connectivity index (χ4n) is 3.35. The van der Waals surface area contributed by atoms with Gasteiger partial charge in [-0.05, 0) is 31.4 Å². The molecule has 7 heteroatoms. The number of hydrogen-bond acceptors (Lipinski definition) is 6. The van der Waals surface area contributed by atoms with E-state index in [4.69, 9.17) is 4.42 Å². The van der Waals surface area contributed by atoms with E-state index in [0.717, 1.165) is 19.6 Å². The first kappa shape index (κ1) is 12.6. The molecule has 4 rings (SSSR count). The number of oxazole rings is 1. The van der Waals surface area contributed by atoms with E-state index in [1.54, 1.807) is 6.07 Å². The topological polar surface area (TPSA) is 84.4 Å². The third kappa shape index (κ3) is 2.13. The molecule has 0 bridgehead atoms. The summed E-state index contributed by atoms with van der Waals surface area (Å²) in [5, 5.41) is 14.3. The van der Waals surface area contributed by atoms with Crippen molar-refractivity contribution in [3.63, 3.8) is 0 Å². The molecule has 2 saturated heterocycles. The van der Waals surface area contributed by atoms with Crippen LogP contribution in [0.15, 0.2) is 22.6 Å². The molecular formula is C14H16N4O3. The van der Waals surface area contributed by atoms with Gasteiger partial charge in [0.05, 0.1) is 11.0 Å². The molecule has 7 nitrogen and oxygen atoms in total. The van der Waals surface area contributed by atoms with Crippen molar-refractivity contribution < 1.29 is 9.34 Å². The van der Waals surface area contributed by atoms with E-state index in [0.29, 0.717) is 29.1 Å². The third-order valence-electron chi connectivity index (χ3n) is 4.44. The Labute approximate surface area is 121 Å². The summed E-state index contributed by atoms with van der Waals surface area (Å²) < 4.78 is 5.73. The average Bonchev–Trinajstić information content (AvgIpc) is 3.09. The fourth-order valence-corrected chi connectivity index (χ4v) is 3.35. The monoisotopic (exact) mass is 288 g/mol. The minimum absolute atomic E-state index is 0.0296. The highest BCUT2D eigenvalue weighted by molar-refractivity contribution is 5.77. The first-order chi connectivity index (χ1) is 10.2. The maximum Gasteiger partial charge on any atom is 0.298 e. The molecular weight excluding hydrogens is 272 g/mol. The van der Waals surface area contributed by atoms with Gasteiger partial charge >= 0.3 is 0 Å². The largest absolute Gasteiger partial charge is 0.423 e. The maximum atomic E-state index is 10.8. The van der Waals surface area contributed by atoms with E-state index in [-0.39, 0.29) is 5.69 Å². The number of hydrogen-bond donors (Lipinski definition) is 1. The maximum absolute atomic E-state index is 10.8. The van der Waals surface area contributed by atoms with Gasteiger partial charge in [-0.15, -0.1) is 0 Å². The summed E-state index contributed by atoms with van der Waals surface area (Å²) in [5.41, 5.74) is 1.17. The fraction of sp³-hybridized carbons (Fsp3) is 0.500. The Bertz CT molecular complexity index is 685. The van der Waals surface area contributed by atoms with Gasteiger partial charge in [0.2, 0.25) is 0 Å². The van der Waals surface area contributed by atoms with Crippen LogP contribution in [0.3, 0.4) is 0 Å². The van der Waals surface area contributed by atoms with E-state index >= 15 is 0 Å². The van der Waals surface area contributed by atoms with Crippen molar-refractivity contribution in [3.05, 3.63) is 28.3 Å². The van der Waals surface area contributed by atoms with E-state index in [2.05, 4.69) is 15.2 Å². The summed E-state index contributed by atoms with van der Waals surface area (Å²) in [7, 11) is 0. The molecule has 0 saturated carbocycles. The molecule has 3 heterocycles.